The summed E-state index contributed by atoms with van der Waals surface area (Å²) >= 11 is 0. The fourth-order valence-corrected chi connectivity index (χ4v) is 0.491. The monoisotopic (exact) mass is 124 g/mol. The van der Waals surface area contributed by atoms with Gasteiger partial charge in [-0.25, -0.2) is 5.10 Å². The normalized spacial score (nSPS) is 9.00. The fourth-order valence-electron chi connectivity index (χ4n) is 0.491. The van der Waals surface area contributed by atoms with Gasteiger partial charge in [-0.2, -0.15) is 5.10 Å². The van der Waals surface area contributed by atoms with Crippen LogP contribution in [0.15, 0.2) is 10.9 Å². The summed E-state index contributed by atoms with van der Waals surface area (Å²) in [6, 6.07) is 1.48. The maximum absolute atomic E-state index is 10.6. The summed E-state index contributed by atoms with van der Waals surface area (Å²) in [5, 5.41) is 8.30. The third-order valence-electron chi connectivity index (χ3n) is 0.945. The lowest BCUT2D eigenvalue weighted by atomic mass is 10.5. The van der Waals surface area contributed by atoms with Gasteiger partial charge in [0, 0.05) is 7.05 Å². The first-order valence-corrected chi connectivity index (χ1v) is 2.48. The van der Waals surface area contributed by atoms with E-state index in [0.717, 1.165) is 0 Å². The molecule has 0 amide bonds. The van der Waals surface area contributed by atoms with E-state index in [-0.39, 0.29) is 5.56 Å². The highest BCUT2D eigenvalue weighted by Gasteiger charge is 1.90. The average Bonchev–Trinajstić information content (AvgIpc) is 1.89. The molecule has 4 nitrogen and oxygen atoms in total. The van der Waals surface area contributed by atoms with Gasteiger partial charge in [-0.3, -0.25) is 4.79 Å². The molecule has 0 unspecified atom stereocenters. The zero-order valence-electron chi connectivity index (χ0n) is 4.93. The number of anilines is 1. The number of aromatic nitrogens is 2. The van der Waals surface area contributed by atoms with Gasteiger partial charge < -0.3 is 5.32 Å². The summed E-state index contributed by atoms with van der Waals surface area (Å²) in [4.78, 5) is 10.6. The van der Waals surface area contributed by atoms with Crippen molar-refractivity contribution in [2.24, 2.45) is 0 Å². The Labute approximate surface area is 51.9 Å². The van der Waals surface area contributed by atoms with Crippen molar-refractivity contribution in [3.63, 3.8) is 0 Å². The Morgan fingerprint density at radius 1 is 1.89 bits per heavy atom. The molecule has 0 saturated carbocycles. The lowest BCUT2D eigenvalue weighted by Crippen LogP contribution is -2.11. The first-order valence-electron chi connectivity index (χ1n) is 2.48. The first kappa shape index (κ1) is 5.81. The second-order valence-corrected chi connectivity index (χ2v) is 1.49. The van der Waals surface area contributed by atoms with Gasteiger partial charge in [-0.15, -0.1) is 0 Å². The Balaban J connectivity index is 3.16. The minimum Gasteiger partial charge on any atom is -0.384 e. The Bertz CT molecular complexity index is 242. The highest BCUT2D eigenvalue weighted by Crippen LogP contribution is 1.88. The molecule has 1 aromatic heterocycles. The van der Waals surface area contributed by atoms with Crippen molar-refractivity contribution in [3.05, 3.63) is 22.6 Å². The molecule has 0 aliphatic heterocycles. The van der Waals surface area contributed by atoms with Crippen LogP contribution in [0.2, 0.25) is 0 Å². The van der Waals surface area contributed by atoms with E-state index in [0.29, 0.717) is 5.69 Å². The van der Waals surface area contributed by atoms with E-state index in [4.69, 9.17) is 0 Å². The molecule has 1 heterocycles. The largest absolute Gasteiger partial charge is 0.384 e. The molecular weight excluding hydrogens is 118 g/mol. The van der Waals surface area contributed by atoms with Crippen molar-refractivity contribution >= 4 is 5.69 Å². The standard InChI is InChI=1S/C5H6N3O/c1-6-4-2-3-7-8-5(4)9/h2H,1H3,(H,6,7)(H,8,9). The summed E-state index contributed by atoms with van der Waals surface area (Å²) in [7, 11) is 1.67. The number of rotatable bonds is 1. The van der Waals surface area contributed by atoms with Crippen LogP contribution in [0.25, 0.3) is 0 Å². The van der Waals surface area contributed by atoms with Crippen molar-refractivity contribution in [2.45, 2.75) is 0 Å². The lowest BCUT2D eigenvalue weighted by molar-refractivity contribution is 0.982. The fraction of sp³-hybridized carbons (Fsp3) is 0.200. The molecule has 0 atom stereocenters. The van der Waals surface area contributed by atoms with E-state index < -0.39 is 0 Å². The van der Waals surface area contributed by atoms with Crippen molar-refractivity contribution in [2.75, 3.05) is 12.4 Å². The van der Waals surface area contributed by atoms with Gasteiger partial charge in [-0.05, 0) is 6.07 Å². The Hall–Kier alpha value is -1.32. The average molecular weight is 124 g/mol. The number of hydrogen-bond acceptors (Lipinski definition) is 3. The molecule has 1 aromatic rings. The van der Waals surface area contributed by atoms with Crippen LogP contribution >= 0.6 is 0 Å². The molecule has 1 rings (SSSR count). The van der Waals surface area contributed by atoms with E-state index in [2.05, 4.69) is 21.7 Å². The van der Waals surface area contributed by atoms with E-state index in [1.807, 2.05) is 0 Å². The zero-order valence-corrected chi connectivity index (χ0v) is 4.93. The Morgan fingerprint density at radius 2 is 2.67 bits per heavy atom. The lowest BCUT2D eigenvalue weighted by Gasteiger charge is -1.92. The second-order valence-electron chi connectivity index (χ2n) is 1.49. The van der Waals surface area contributed by atoms with Gasteiger partial charge in [0.15, 0.2) is 0 Å². The third kappa shape index (κ3) is 1.07. The minimum atomic E-state index is -0.226. The van der Waals surface area contributed by atoms with Crippen molar-refractivity contribution < 1.29 is 0 Å². The Kier molecular flexibility index (Phi) is 1.48. The quantitative estimate of drug-likeness (QED) is 0.536. The maximum atomic E-state index is 10.6. The van der Waals surface area contributed by atoms with Crippen LogP contribution in [0.5, 0.6) is 0 Å². The summed E-state index contributed by atoms with van der Waals surface area (Å²) in [5.74, 6) is 0. The predicted octanol–water partition coefficient (Wildman–Crippen LogP) is -0.388. The molecule has 0 aromatic carbocycles. The molecular formula is C5H6N3O. The topological polar surface area (TPSA) is 57.8 Å². The van der Waals surface area contributed by atoms with E-state index in [1.54, 1.807) is 7.05 Å². The van der Waals surface area contributed by atoms with Crippen LogP contribution < -0.4 is 10.9 Å². The minimum absolute atomic E-state index is 0.226. The van der Waals surface area contributed by atoms with Crippen LogP contribution in [-0.2, 0) is 0 Å². The van der Waals surface area contributed by atoms with Gasteiger partial charge in [0.2, 0.25) is 0 Å². The predicted molar refractivity (Wildman–Crippen MR) is 33.2 cm³/mol. The molecule has 0 saturated heterocycles. The van der Waals surface area contributed by atoms with Gasteiger partial charge in [0.05, 0.1) is 0 Å². The molecule has 1 radical (unpaired) electrons. The highest BCUT2D eigenvalue weighted by atomic mass is 16.1. The third-order valence-corrected chi connectivity index (χ3v) is 0.945. The molecule has 0 aliphatic rings. The van der Waals surface area contributed by atoms with Gasteiger partial charge >= 0.3 is 0 Å². The SMILES string of the molecule is CNc1c[c]n[nH]c1=O. The van der Waals surface area contributed by atoms with E-state index in [1.165, 1.54) is 6.07 Å². The zero-order chi connectivity index (χ0) is 6.69. The summed E-state index contributed by atoms with van der Waals surface area (Å²) in [5.41, 5.74) is 0.251. The van der Waals surface area contributed by atoms with Gasteiger partial charge in [-0.1, -0.05) is 0 Å². The van der Waals surface area contributed by atoms with Gasteiger partial charge in [0.1, 0.15) is 11.9 Å². The number of H-pyrrole nitrogens is 1. The molecule has 0 spiro atoms. The van der Waals surface area contributed by atoms with E-state index in [9.17, 15) is 4.79 Å². The summed E-state index contributed by atoms with van der Waals surface area (Å²) in [6.07, 6.45) is 2.48. The highest BCUT2D eigenvalue weighted by molar-refractivity contribution is 5.36. The molecule has 0 aliphatic carbocycles. The first-order chi connectivity index (χ1) is 4.34. The smallest absolute Gasteiger partial charge is 0.287 e. The molecule has 4 heteroatoms. The molecule has 47 valence electrons. The molecule has 9 heavy (non-hydrogen) atoms. The Morgan fingerprint density at radius 3 is 3.11 bits per heavy atom. The van der Waals surface area contributed by atoms with Crippen LogP contribution in [0.3, 0.4) is 0 Å². The van der Waals surface area contributed by atoms with Crippen molar-refractivity contribution in [3.8, 4) is 0 Å². The van der Waals surface area contributed by atoms with Crippen LogP contribution in [0.1, 0.15) is 0 Å². The number of aromatic amines is 1. The number of nitrogens with zero attached hydrogens (tertiary/aromatic N) is 1. The van der Waals surface area contributed by atoms with E-state index >= 15 is 0 Å². The second kappa shape index (κ2) is 2.30. The summed E-state index contributed by atoms with van der Waals surface area (Å²) in [6.45, 7) is 0. The molecule has 2 N–H and O–H groups in total. The number of nitrogens with one attached hydrogen (secondary N) is 2. The summed E-state index contributed by atoms with van der Waals surface area (Å²) < 4.78 is 0. The molecule has 0 bridgehead atoms. The molecule has 0 fully saturated rings. The van der Waals surface area contributed by atoms with Crippen LogP contribution in [0.4, 0.5) is 5.69 Å². The van der Waals surface area contributed by atoms with Gasteiger partial charge in [0.25, 0.3) is 5.56 Å². The van der Waals surface area contributed by atoms with Crippen LogP contribution in [0, 0.1) is 6.20 Å². The maximum Gasteiger partial charge on any atom is 0.287 e. The number of hydrogen-bond donors (Lipinski definition) is 2. The van der Waals surface area contributed by atoms with Crippen molar-refractivity contribution in [1.82, 2.24) is 10.2 Å². The van der Waals surface area contributed by atoms with Crippen LogP contribution in [-0.4, -0.2) is 17.2 Å². The van der Waals surface area contributed by atoms with Crippen molar-refractivity contribution in [1.29, 1.82) is 0 Å².